The van der Waals surface area contributed by atoms with Gasteiger partial charge < -0.3 is 0 Å². The predicted octanol–water partition coefficient (Wildman–Crippen LogP) is 3.82. The molecule has 2 aliphatic carbocycles. The molecular weight excluding hydrogens is 184 g/mol. The molecule has 0 aromatic rings. The van der Waals surface area contributed by atoms with Crippen molar-refractivity contribution in [3.05, 3.63) is 0 Å². The molecule has 1 nitrogen and oxygen atoms in total. The van der Waals surface area contributed by atoms with E-state index < -0.39 is 0 Å². The number of hydrogen-bond donors (Lipinski definition) is 0. The van der Waals surface area contributed by atoms with Gasteiger partial charge in [-0.2, -0.15) is 0 Å². The summed E-state index contributed by atoms with van der Waals surface area (Å²) in [7, 11) is 0. The zero-order chi connectivity index (χ0) is 11.1. The lowest BCUT2D eigenvalue weighted by Crippen LogP contribution is -2.43. The Bertz CT molecular complexity index is 258. The summed E-state index contributed by atoms with van der Waals surface area (Å²) in [6, 6.07) is 0. The Morgan fingerprint density at radius 3 is 2.67 bits per heavy atom. The Balaban J connectivity index is 2.27. The second-order valence-corrected chi connectivity index (χ2v) is 6.07. The molecule has 0 unspecified atom stereocenters. The summed E-state index contributed by atoms with van der Waals surface area (Å²) in [5.74, 6) is 2.78. The average Bonchev–Trinajstić information content (AvgIpc) is 2.35. The van der Waals surface area contributed by atoms with Crippen LogP contribution in [0.2, 0.25) is 0 Å². The first kappa shape index (κ1) is 11.2. The highest BCUT2D eigenvalue weighted by atomic mass is 16.1. The molecule has 2 rings (SSSR count). The lowest BCUT2D eigenvalue weighted by molar-refractivity contribution is -0.135. The fourth-order valence-electron chi connectivity index (χ4n) is 3.82. The highest BCUT2D eigenvalue weighted by Crippen LogP contribution is 2.51. The number of rotatable bonds is 0. The molecule has 0 aliphatic heterocycles. The summed E-state index contributed by atoms with van der Waals surface area (Å²) >= 11 is 0. The lowest BCUT2D eigenvalue weighted by atomic mass is 9.57. The van der Waals surface area contributed by atoms with Crippen LogP contribution in [0.5, 0.6) is 0 Å². The second-order valence-electron chi connectivity index (χ2n) is 6.07. The van der Waals surface area contributed by atoms with E-state index in [1.807, 2.05) is 0 Å². The van der Waals surface area contributed by atoms with E-state index in [9.17, 15) is 4.79 Å². The summed E-state index contributed by atoms with van der Waals surface area (Å²) in [4.78, 5) is 12.2. The zero-order valence-electron chi connectivity index (χ0n) is 10.4. The normalized spacial score (nSPS) is 47.1. The highest BCUT2D eigenvalue weighted by Gasteiger charge is 2.47. The summed E-state index contributed by atoms with van der Waals surface area (Å²) in [6.07, 6.45) is 6.92. The molecule has 15 heavy (non-hydrogen) atoms. The summed E-state index contributed by atoms with van der Waals surface area (Å²) in [6.45, 7) is 6.97. The minimum absolute atomic E-state index is 0.0302. The quantitative estimate of drug-likeness (QED) is 0.591. The predicted molar refractivity (Wildman–Crippen MR) is 62.6 cm³/mol. The summed E-state index contributed by atoms with van der Waals surface area (Å²) in [5.41, 5.74) is 0.0302. The minimum Gasteiger partial charge on any atom is -0.299 e. The van der Waals surface area contributed by atoms with E-state index in [1.54, 1.807) is 0 Å². The molecule has 0 amide bonds. The van der Waals surface area contributed by atoms with E-state index in [0.29, 0.717) is 11.7 Å². The van der Waals surface area contributed by atoms with Crippen molar-refractivity contribution >= 4 is 5.78 Å². The van der Waals surface area contributed by atoms with E-state index in [0.717, 1.165) is 31.1 Å². The van der Waals surface area contributed by atoms with Crippen LogP contribution in [0.1, 0.15) is 59.3 Å². The SMILES string of the molecule is C[C@H]1[C@H](C)CC[C@@]2(C)C(=O)CCCC[C@H]12. The lowest BCUT2D eigenvalue weighted by Gasteiger charge is -2.46. The molecule has 0 saturated heterocycles. The van der Waals surface area contributed by atoms with Crippen molar-refractivity contribution in [1.82, 2.24) is 0 Å². The molecule has 1 heteroatoms. The largest absolute Gasteiger partial charge is 0.299 e. The number of hydrogen-bond acceptors (Lipinski definition) is 1. The van der Waals surface area contributed by atoms with E-state index in [4.69, 9.17) is 0 Å². The van der Waals surface area contributed by atoms with Crippen molar-refractivity contribution in [2.75, 3.05) is 0 Å². The Labute approximate surface area is 93.6 Å². The summed E-state index contributed by atoms with van der Waals surface area (Å²) < 4.78 is 0. The van der Waals surface area contributed by atoms with Gasteiger partial charge in [-0.25, -0.2) is 0 Å². The number of carbonyl (C=O) groups excluding carboxylic acids is 1. The van der Waals surface area contributed by atoms with Crippen molar-refractivity contribution in [1.29, 1.82) is 0 Å². The zero-order valence-corrected chi connectivity index (χ0v) is 10.4. The van der Waals surface area contributed by atoms with Gasteiger partial charge in [-0.3, -0.25) is 4.79 Å². The van der Waals surface area contributed by atoms with Crippen molar-refractivity contribution in [2.24, 2.45) is 23.2 Å². The standard InChI is InChI=1S/C14H24O/c1-10-8-9-14(3)12(11(10)2)6-4-5-7-13(14)15/h10-12H,4-9H2,1-3H3/t10-,11+,12-,14-/m1/s1. The van der Waals surface area contributed by atoms with E-state index in [1.165, 1.54) is 19.3 Å². The van der Waals surface area contributed by atoms with Gasteiger partial charge in [-0.05, 0) is 43.4 Å². The van der Waals surface area contributed by atoms with Crippen LogP contribution < -0.4 is 0 Å². The molecule has 0 aromatic heterocycles. The molecule has 2 fully saturated rings. The van der Waals surface area contributed by atoms with Crippen LogP contribution >= 0.6 is 0 Å². The third kappa shape index (κ3) is 1.74. The Morgan fingerprint density at radius 2 is 1.93 bits per heavy atom. The van der Waals surface area contributed by atoms with Gasteiger partial charge in [-0.15, -0.1) is 0 Å². The average molecular weight is 208 g/mol. The third-order valence-electron chi connectivity index (χ3n) is 5.28. The highest BCUT2D eigenvalue weighted by molar-refractivity contribution is 5.85. The second kappa shape index (κ2) is 3.92. The molecule has 0 bridgehead atoms. The van der Waals surface area contributed by atoms with Crippen molar-refractivity contribution < 1.29 is 4.79 Å². The van der Waals surface area contributed by atoms with Crippen LogP contribution in [0.25, 0.3) is 0 Å². The van der Waals surface area contributed by atoms with Gasteiger partial charge in [-0.1, -0.05) is 27.2 Å². The Hall–Kier alpha value is -0.330. The number of carbonyl (C=O) groups is 1. The topological polar surface area (TPSA) is 17.1 Å². The van der Waals surface area contributed by atoms with Gasteiger partial charge in [0.15, 0.2) is 0 Å². The van der Waals surface area contributed by atoms with Crippen LogP contribution in [-0.4, -0.2) is 5.78 Å². The molecule has 0 heterocycles. The first-order chi connectivity index (χ1) is 7.05. The molecule has 0 aromatic carbocycles. The number of fused-ring (bicyclic) bond motifs is 1. The molecule has 2 saturated carbocycles. The maximum absolute atomic E-state index is 12.2. The van der Waals surface area contributed by atoms with Gasteiger partial charge in [0.05, 0.1) is 0 Å². The molecular formula is C14H24O. The summed E-state index contributed by atoms with van der Waals surface area (Å²) in [5, 5.41) is 0. The molecule has 4 atom stereocenters. The fourth-order valence-corrected chi connectivity index (χ4v) is 3.82. The molecule has 2 aliphatic rings. The Morgan fingerprint density at radius 1 is 1.20 bits per heavy atom. The van der Waals surface area contributed by atoms with Gasteiger partial charge in [0.2, 0.25) is 0 Å². The third-order valence-corrected chi connectivity index (χ3v) is 5.28. The van der Waals surface area contributed by atoms with Gasteiger partial charge in [0, 0.05) is 11.8 Å². The maximum Gasteiger partial charge on any atom is 0.139 e. The van der Waals surface area contributed by atoms with Crippen LogP contribution in [0.4, 0.5) is 0 Å². The first-order valence-electron chi connectivity index (χ1n) is 6.59. The molecule has 0 radical (unpaired) electrons. The molecule has 86 valence electrons. The smallest absolute Gasteiger partial charge is 0.139 e. The van der Waals surface area contributed by atoms with Gasteiger partial charge >= 0.3 is 0 Å². The van der Waals surface area contributed by atoms with E-state index in [-0.39, 0.29) is 5.41 Å². The monoisotopic (exact) mass is 208 g/mol. The van der Waals surface area contributed by atoms with Crippen LogP contribution in [0.15, 0.2) is 0 Å². The number of ketones is 1. The molecule has 0 N–H and O–H groups in total. The number of Topliss-reactive ketones (excluding diaryl/α,β-unsaturated/α-hetero) is 1. The van der Waals surface area contributed by atoms with Crippen LogP contribution in [0, 0.1) is 23.2 Å². The van der Waals surface area contributed by atoms with Gasteiger partial charge in [0.1, 0.15) is 5.78 Å². The molecule has 0 spiro atoms. The first-order valence-corrected chi connectivity index (χ1v) is 6.59. The van der Waals surface area contributed by atoms with Crippen molar-refractivity contribution in [3.63, 3.8) is 0 Å². The van der Waals surface area contributed by atoms with Crippen LogP contribution in [-0.2, 0) is 4.79 Å². The van der Waals surface area contributed by atoms with Crippen molar-refractivity contribution in [3.8, 4) is 0 Å². The minimum atomic E-state index is 0.0302. The Kier molecular flexibility index (Phi) is 2.92. The van der Waals surface area contributed by atoms with E-state index in [2.05, 4.69) is 20.8 Å². The maximum atomic E-state index is 12.2. The fraction of sp³-hybridized carbons (Fsp3) is 0.929. The van der Waals surface area contributed by atoms with Gasteiger partial charge in [0.25, 0.3) is 0 Å². The van der Waals surface area contributed by atoms with Crippen molar-refractivity contribution in [2.45, 2.75) is 59.3 Å². The van der Waals surface area contributed by atoms with E-state index >= 15 is 0 Å². The van der Waals surface area contributed by atoms with Crippen LogP contribution in [0.3, 0.4) is 0 Å².